The lowest BCUT2D eigenvalue weighted by molar-refractivity contribution is -0.123. The monoisotopic (exact) mass is 445 g/mol. The molecule has 2 N–H and O–H groups in total. The van der Waals surface area contributed by atoms with Gasteiger partial charge in [-0.3, -0.25) is 14.5 Å². The van der Waals surface area contributed by atoms with Gasteiger partial charge in [0, 0.05) is 5.69 Å². The van der Waals surface area contributed by atoms with Gasteiger partial charge in [-0.25, -0.2) is 0 Å². The van der Waals surface area contributed by atoms with Crippen molar-refractivity contribution in [2.24, 2.45) is 0 Å². The van der Waals surface area contributed by atoms with E-state index in [0.717, 1.165) is 22.4 Å². The van der Waals surface area contributed by atoms with Crippen LogP contribution >= 0.6 is 0 Å². The number of anilines is 2. The summed E-state index contributed by atoms with van der Waals surface area (Å²) in [7, 11) is 1.77. The molecule has 1 unspecified atom stereocenters. The Morgan fingerprint density at radius 2 is 1.52 bits per heavy atom. The summed E-state index contributed by atoms with van der Waals surface area (Å²) in [6, 6.07) is 22.0. The molecule has 6 heteroatoms. The van der Waals surface area contributed by atoms with Crippen molar-refractivity contribution in [3.05, 3.63) is 89.5 Å². The number of likely N-dealkylation sites (N-methyl/N-ethyl adjacent to an activating group) is 1. The summed E-state index contributed by atoms with van der Waals surface area (Å²) in [6.45, 7) is 6.36. The van der Waals surface area contributed by atoms with Gasteiger partial charge in [0.05, 0.1) is 18.8 Å². The summed E-state index contributed by atoms with van der Waals surface area (Å²) >= 11 is 0. The number of amides is 2. The molecule has 0 saturated heterocycles. The minimum Gasteiger partial charge on any atom is -0.492 e. The third-order valence-electron chi connectivity index (χ3n) is 5.39. The Bertz CT molecular complexity index is 1080. The number of benzene rings is 3. The first kappa shape index (κ1) is 24.0. The molecule has 3 aromatic carbocycles. The van der Waals surface area contributed by atoms with E-state index in [1.807, 2.05) is 87.5 Å². The lowest BCUT2D eigenvalue weighted by Gasteiger charge is -2.27. The molecule has 0 spiro atoms. The van der Waals surface area contributed by atoms with Crippen LogP contribution in [0.25, 0.3) is 0 Å². The number of nitrogens with zero attached hydrogens (tertiary/aromatic N) is 1. The second-order valence-electron chi connectivity index (χ2n) is 7.96. The quantitative estimate of drug-likeness (QED) is 0.489. The van der Waals surface area contributed by atoms with Gasteiger partial charge < -0.3 is 15.4 Å². The molecule has 0 heterocycles. The second kappa shape index (κ2) is 11.3. The molecular formula is C27H31N3O3. The van der Waals surface area contributed by atoms with Gasteiger partial charge >= 0.3 is 0 Å². The number of carbonyl (C=O) groups excluding carboxylic acids is 2. The summed E-state index contributed by atoms with van der Waals surface area (Å²) in [5.74, 6) is 0.185. The fourth-order valence-corrected chi connectivity index (χ4v) is 3.80. The van der Waals surface area contributed by atoms with Gasteiger partial charge in [0.1, 0.15) is 11.8 Å². The SMILES string of the molecule is CCOc1ccccc1NC(=O)C(c1ccccc1)N(C)CC(=O)Nc1c(C)cccc1C. The van der Waals surface area contributed by atoms with E-state index < -0.39 is 6.04 Å². The Morgan fingerprint density at radius 1 is 0.879 bits per heavy atom. The van der Waals surface area contributed by atoms with Crippen LogP contribution in [-0.2, 0) is 9.59 Å². The van der Waals surface area contributed by atoms with Gasteiger partial charge in [-0.05, 0) is 56.6 Å². The minimum absolute atomic E-state index is 0.0495. The Labute approximate surface area is 195 Å². The van der Waals surface area contributed by atoms with Gasteiger partial charge in [0.15, 0.2) is 0 Å². The van der Waals surface area contributed by atoms with Crippen LogP contribution in [0.15, 0.2) is 72.8 Å². The van der Waals surface area contributed by atoms with Crippen molar-refractivity contribution in [1.82, 2.24) is 4.90 Å². The maximum absolute atomic E-state index is 13.4. The molecule has 3 rings (SSSR count). The van der Waals surface area contributed by atoms with Crippen molar-refractivity contribution in [1.29, 1.82) is 0 Å². The zero-order valence-electron chi connectivity index (χ0n) is 19.6. The van der Waals surface area contributed by atoms with Gasteiger partial charge in [-0.1, -0.05) is 60.7 Å². The van der Waals surface area contributed by atoms with Crippen LogP contribution < -0.4 is 15.4 Å². The van der Waals surface area contributed by atoms with Crippen LogP contribution in [0.2, 0.25) is 0 Å². The molecule has 3 aromatic rings. The fourth-order valence-electron chi connectivity index (χ4n) is 3.80. The third kappa shape index (κ3) is 6.20. The molecule has 33 heavy (non-hydrogen) atoms. The van der Waals surface area contributed by atoms with Crippen LogP contribution in [0.1, 0.15) is 29.7 Å². The molecule has 0 saturated carbocycles. The summed E-state index contributed by atoms with van der Waals surface area (Å²) in [6.07, 6.45) is 0. The van der Waals surface area contributed by atoms with Crippen molar-refractivity contribution in [2.75, 3.05) is 30.8 Å². The molecule has 172 valence electrons. The van der Waals surface area contributed by atoms with Crippen molar-refractivity contribution in [3.8, 4) is 5.75 Å². The average molecular weight is 446 g/mol. The predicted octanol–water partition coefficient (Wildman–Crippen LogP) is 4.95. The van der Waals surface area contributed by atoms with Crippen molar-refractivity contribution in [2.45, 2.75) is 26.8 Å². The van der Waals surface area contributed by atoms with Gasteiger partial charge in [-0.2, -0.15) is 0 Å². The van der Waals surface area contributed by atoms with E-state index in [0.29, 0.717) is 18.0 Å². The number of aryl methyl sites for hydroxylation is 2. The maximum Gasteiger partial charge on any atom is 0.246 e. The number of hydrogen-bond donors (Lipinski definition) is 2. The molecule has 0 bridgehead atoms. The van der Waals surface area contributed by atoms with E-state index in [4.69, 9.17) is 4.74 Å². The van der Waals surface area contributed by atoms with E-state index in [1.165, 1.54) is 0 Å². The minimum atomic E-state index is -0.662. The Morgan fingerprint density at radius 3 is 2.18 bits per heavy atom. The fraction of sp³-hybridized carbons (Fsp3) is 0.259. The summed E-state index contributed by atoms with van der Waals surface area (Å²) in [4.78, 5) is 28.0. The largest absolute Gasteiger partial charge is 0.492 e. The number of hydrogen-bond acceptors (Lipinski definition) is 4. The third-order valence-corrected chi connectivity index (χ3v) is 5.39. The molecule has 0 aliphatic heterocycles. The number of carbonyl (C=O) groups is 2. The highest BCUT2D eigenvalue weighted by Crippen LogP contribution is 2.27. The number of nitrogens with one attached hydrogen (secondary N) is 2. The highest BCUT2D eigenvalue weighted by atomic mass is 16.5. The highest BCUT2D eigenvalue weighted by molar-refractivity contribution is 5.98. The zero-order valence-corrected chi connectivity index (χ0v) is 19.6. The summed E-state index contributed by atoms with van der Waals surface area (Å²) in [5.41, 5.74) is 4.19. The van der Waals surface area contributed by atoms with Crippen molar-refractivity contribution >= 4 is 23.2 Å². The topological polar surface area (TPSA) is 70.7 Å². The van der Waals surface area contributed by atoms with Crippen LogP contribution in [0.3, 0.4) is 0 Å². The molecule has 0 aliphatic carbocycles. The first-order valence-corrected chi connectivity index (χ1v) is 11.0. The molecule has 0 radical (unpaired) electrons. The molecule has 0 aromatic heterocycles. The van der Waals surface area contributed by atoms with E-state index in [2.05, 4.69) is 10.6 Å². The van der Waals surface area contributed by atoms with E-state index in [-0.39, 0.29) is 18.4 Å². The normalized spacial score (nSPS) is 11.7. The van der Waals surface area contributed by atoms with Gasteiger partial charge in [0.2, 0.25) is 11.8 Å². The van der Waals surface area contributed by atoms with E-state index in [1.54, 1.807) is 18.0 Å². The molecular weight excluding hydrogens is 414 g/mol. The number of ether oxygens (including phenoxy) is 1. The smallest absolute Gasteiger partial charge is 0.246 e. The van der Waals surface area contributed by atoms with Gasteiger partial charge in [0.25, 0.3) is 0 Å². The van der Waals surface area contributed by atoms with E-state index in [9.17, 15) is 9.59 Å². The van der Waals surface area contributed by atoms with Crippen LogP contribution in [-0.4, -0.2) is 36.9 Å². The summed E-state index contributed by atoms with van der Waals surface area (Å²) in [5, 5.41) is 5.98. The van der Waals surface area contributed by atoms with Crippen LogP contribution in [0, 0.1) is 13.8 Å². The molecule has 0 aliphatic rings. The Kier molecular flexibility index (Phi) is 8.22. The number of rotatable bonds is 9. The van der Waals surface area contributed by atoms with Crippen molar-refractivity contribution in [3.63, 3.8) is 0 Å². The Hall–Kier alpha value is -3.64. The highest BCUT2D eigenvalue weighted by Gasteiger charge is 2.27. The Balaban J connectivity index is 1.81. The molecule has 0 fully saturated rings. The first-order valence-electron chi connectivity index (χ1n) is 11.0. The molecule has 2 amide bonds. The second-order valence-corrected chi connectivity index (χ2v) is 7.96. The lowest BCUT2D eigenvalue weighted by atomic mass is 10.0. The van der Waals surface area contributed by atoms with Crippen LogP contribution in [0.4, 0.5) is 11.4 Å². The standard InChI is InChI=1S/C27H31N3O3/c1-5-33-23-17-10-9-16-22(23)28-27(32)26(21-14-7-6-8-15-21)30(4)18-24(31)29-25-19(2)12-11-13-20(25)3/h6-17,26H,5,18H2,1-4H3,(H,28,32)(H,29,31). The zero-order chi connectivity index (χ0) is 23.8. The molecule has 6 nitrogen and oxygen atoms in total. The van der Waals surface area contributed by atoms with E-state index >= 15 is 0 Å². The van der Waals surface area contributed by atoms with Crippen molar-refractivity contribution < 1.29 is 14.3 Å². The lowest BCUT2D eigenvalue weighted by Crippen LogP contribution is -2.39. The summed E-state index contributed by atoms with van der Waals surface area (Å²) < 4.78 is 5.64. The first-order chi connectivity index (χ1) is 15.9. The predicted molar refractivity (Wildman–Crippen MR) is 133 cm³/mol. The average Bonchev–Trinajstić information content (AvgIpc) is 2.79. The number of para-hydroxylation sites is 3. The molecule has 1 atom stereocenters. The van der Waals surface area contributed by atoms with Gasteiger partial charge in [-0.15, -0.1) is 0 Å². The van der Waals surface area contributed by atoms with Crippen LogP contribution in [0.5, 0.6) is 5.75 Å². The maximum atomic E-state index is 13.4.